The maximum atomic E-state index is 13.1. The van der Waals surface area contributed by atoms with Gasteiger partial charge in [-0.05, 0) is 47.3 Å². The summed E-state index contributed by atoms with van der Waals surface area (Å²) in [4.78, 5) is 13.1. The van der Waals surface area contributed by atoms with Crippen LogP contribution in [0.2, 0.25) is 0 Å². The Labute approximate surface area is 151 Å². The van der Waals surface area contributed by atoms with Crippen molar-refractivity contribution in [1.29, 1.82) is 0 Å². The minimum absolute atomic E-state index is 0.00320. The van der Waals surface area contributed by atoms with E-state index in [1.165, 1.54) is 6.42 Å². The Bertz CT molecular complexity index is 702. The van der Waals surface area contributed by atoms with Crippen molar-refractivity contribution in [3.63, 3.8) is 0 Å². The molecule has 2 aromatic carbocycles. The van der Waals surface area contributed by atoms with Crippen LogP contribution in [-0.2, 0) is 4.79 Å². The Morgan fingerprint density at radius 3 is 2.33 bits per heavy atom. The standard InChI is InChI=1S/C20H20O2S2/c1-22-17-10-8-15(9-11-17)14-18(16-6-3-2-4-7-16)19(21)20-23-12-5-13-24-20/h2-4,6-11,14,20H,5,12-13H2,1H3. The Morgan fingerprint density at radius 1 is 1.04 bits per heavy atom. The number of ketones is 1. The highest BCUT2D eigenvalue weighted by molar-refractivity contribution is 8.18. The van der Waals surface area contributed by atoms with Crippen molar-refractivity contribution in [2.75, 3.05) is 18.6 Å². The van der Waals surface area contributed by atoms with Gasteiger partial charge in [-0.15, -0.1) is 23.5 Å². The SMILES string of the molecule is COc1ccc(C=C(C(=O)C2SCCCS2)c2ccccc2)cc1. The molecule has 1 saturated heterocycles. The molecule has 0 spiro atoms. The number of methoxy groups -OCH3 is 1. The third kappa shape index (κ3) is 4.25. The summed E-state index contributed by atoms with van der Waals surface area (Å²) in [5.41, 5.74) is 2.77. The van der Waals surface area contributed by atoms with Gasteiger partial charge in [-0.25, -0.2) is 0 Å². The highest BCUT2D eigenvalue weighted by Gasteiger charge is 2.26. The number of hydrogen-bond donors (Lipinski definition) is 0. The molecule has 0 bridgehead atoms. The van der Waals surface area contributed by atoms with Gasteiger partial charge in [0.1, 0.15) is 10.3 Å². The maximum Gasteiger partial charge on any atom is 0.186 e. The Morgan fingerprint density at radius 2 is 1.71 bits per heavy atom. The van der Waals surface area contributed by atoms with Crippen molar-refractivity contribution in [3.8, 4) is 5.75 Å². The molecule has 2 nitrogen and oxygen atoms in total. The van der Waals surface area contributed by atoms with Gasteiger partial charge in [-0.1, -0.05) is 42.5 Å². The second-order valence-electron chi connectivity index (χ2n) is 5.49. The summed E-state index contributed by atoms with van der Waals surface area (Å²) >= 11 is 3.53. The monoisotopic (exact) mass is 356 g/mol. The molecule has 1 aliphatic heterocycles. The third-order valence-corrected chi connectivity index (χ3v) is 6.72. The number of thioether (sulfide) groups is 2. The van der Waals surface area contributed by atoms with E-state index in [0.29, 0.717) is 0 Å². The molecule has 0 atom stereocenters. The van der Waals surface area contributed by atoms with Crippen molar-refractivity contribution < 1.29 is 9.53 Å². The third-order valence-electron chi connectivity index (χ3n) is 3.82. The molecule has 0 aliphatic carbocycles. The molecule has 124 valence electrons. The van der Waals surface area contributed by atoms with Crippen LogP contribution in [0.5, 0.6) is 5.75 Å². The largest absolute Gasteiger partial charge is 0.497 e. The Kier molecular flexibility index (Phi) is 6.05. The number of carbonyl (C=O) groups is 1. The number of ether oxygens (including phenoxy) is 1. The van der Waals surface area contributed by atoms with Crippen molar-refractivity contribution in [3.05, 3.63) is 65.7 Å². The zero-order valence-corrected chi connectivity index (χ0v) is 15.2. The van der Waals surface area contributed by atoms with Crippen LogP contribution in [0.15, 0.2) is 54.6 Å². The minimum Gasteiger partial charge on any atom is -0.497 e. The molecule has 3 rings (SSSR count). The highest BCUT2D eigenvalue weighted by Crippen LogP contribution is 2.35. The van der Waals surface area contributed by atoms with Gasteiger partial charge in [0.25, 0.3) is 0 Å². The average molecular weight is 357 g/mol. The van der Waals surface area contributed by atoms with Gasteiger partial charge in [0.2, 0.25) is 0 Å². The van der Waals surface area contributed by atoms with Crippen LogP contribution in [0, 0.1) is 0 Å². The minimum atomic E-state index is 0.00320. The fourth-order valence-electron chi connectivity index (χ4n) is 2.55. The molecule has 1 fully saturated rings. The van der Waals surface area contributed by atoms with Gasteiger partial charge in [-0.3, -0.25) is 4.79 Å². The highest BCUT2D eigenvalue weighted by atomic mass is 32.2. The lowest BCUT2D eigenvalue weighted by atomic mass is 9.99. The van der Waals surface area contributed by atoms with Crippen molar-refractivity contribution in [2.24, 2.45) is 0 Å². The lowest BCUT2D eigenvalue weighted by Gasteiger charge is -2.21. The van der Waals surface area contributed by atoms with E-state index in [9.17, 15) is 4.79 Å². The van der Waals surface area contributed by atoms with E-state index >= 15 is 0 Å². The van der Waals surface area contributed by atoms with Crippen molar-refractivity contribution in [1.82, 2.24) is 0 Å². The van der Waals surface area contributed by atoms with E-state index < -0.39 is 0 Å². The number of allylic oxidation sites excluding steroid dienone is 1. The van der Waals surface area contributed by atoms with Gasteiger partial charge in [0.05, 0.1) is 7.11 Å². The zero-order valence-electron chi connectivity index (χ0n) is 13.6. The summed E-state index contributed by atoms with van der Waals surface area (Å²) in [6.45, 7) is 0. The lowest BCUT2D eigenvalue weighted by molar-refractivity contribution is -0.112. The molecule has 0 N–H and O–H groups in total. The number of benzene rings is 2. The summed E-state index contributed by atoms with van der Waals surface area (Å²) < 4.78 is 5.21. The topological polar surface area (TPSA) is 26.3 Å². The van der Waals surface area contributed by atoms with Gasteiger partial charge < -0.3 is 4.74 Å². The van der Waals surface area contributed by atoms with E-state index in [2.05, 4.69) is 0 Å². The second-order valence-corrected chi connectivity index (χ2v) is 8.21. The van der Waals surface area contributed by atoms with Crippen LogP contribution < -0.4 is 4.74 Å². The van der Waals surface area contributed by atoms with Crippen LogP contribution in [0.4, 0.5) is 0 Å². The van der Waals surface area contributed by atoms with Gasteiger partial charge in [0, 0.05) is 5.57 Å². The van der Waals surface area contributed by atoms with Gasteiger partial charge >= 0.3 is 0 Å². The predicted octanol–water partition coefficient (Wildman–Crippen LogP) is 5.00. The average Bonchev–Trinajstić information content (AvgIpc) is 2.67. The molecule has 0 amide bonds. The van der Waals surface area contributed by atoms with Gasteiger partial charge in [0.15, 0.2) is 5.78 Å². The van der Waals surface area contributed by atoms with Crippen LogP contribution in [-0.4, -0.2) is 29.0 Å². The Balaban J connectivity index is 1.94. The first-order valence-electron chi connectivity index (χ1n) is 7.96. The van der Waals surface area contributed by atoms with E-state index in [-0.39, 0.29) is 10.4 Å². The summed E-state index contributed by atoms with van der Waals surface area (Å²) in [6, 6.07) is 17.7. The number of carbonyl (C=O) groups excluding carboxylic acids is 1. The van der Waals surface area contributed by atoms with Crippen molar-refractivity contribution >= 4 is 41.0 Å². The predicted molar refractivity (Wildman–Crippen MR) is 106 cm³/mol. The van der Waals surface area contributed by atoms with E-state index in [1.54, 1.807) is 30.6 Å². The van der Waals surface area contributed by atoms with Crippen molar-refractivity contribution in [2.45, 2.75) is 11.0 Å². The van der Waals surface area contributed by atoms with Crippen LogP contribution in [0.1, 0.15) is 17.5 Å². The molecule has 1 aliphatic rings. The Hall–Kier alpha value is -1.65. The first-order chi connectivity index (χ1) is 11.8. The first-order valence-corrected chi connectivity index (χ1v) is 10.1. The van der Waals surface area contributed by atoms with E-state index in [0.717, 1.165) is 34.0 Å². The summed E-state index contributed by atoms with van der Waals surface area (Å²) in [6.07, 6.45) is 3.18. The molecular formula is C20H20O2S2. The molecule has 0 radical (unpaired) electrons. The fraction of sp³-hybridized carbons (Fsp3) is 0.250. The molecule has 4 heteroatoms. The van der Waals surface area contributed by atoms with Crippen LogP contribution >= 0.6 is 23.5 Å². The van der Waals surface area contributed by atoms with E-state index in [1.807, 2.05) is 60.7 Å². The molecule has 1 heterocycles. The van der Waals surface area contributed by atoms with Crippen LogP contribution in [0.3, 0.4) is 0 Å². The second kappa shape index (κ2) is 8.45. The molecule has 0 unspecified atom stereocenters. The fourth-order valence-corrected chi connectivity index (χ4v) is 5.30. The lowest BCUT2D eigenvalue weighted by Crippen LogP contribution is -2.19. The zero-order chi connectivity index (χ0) is 16.8. The summed E-state index contributed by atoms with van der Waals surface area (Å²) in [7, 11) is 1.65. The van der Waals surface area contributed by atoms with E-state index in [4.69, 9.17) is 4.74 Å². The maximum absolute atomic E-state index is 13.1. The number of Topliss-reactive ketones (excluding diaryl/α,β-unsaturated/α-hetero) is 1. The molecule has 2 aromatic rings. The van der Waals surface area contributed by atoms with Crippen LogP contribution in [0.25, 0.3) is 11.6 Å². The van der Waals surface area contributed by atoms with Gasteiger partial charge in [-0.2, -0.15) is 0 Å². The smallest absolute Gasteiger partial charge is 0.186 e. The number of hydrogen-bond acceptors (Lipinski definition) is 4. The molecule has 0 saturated carbocycles. The molecular weight excluding hydrogens is 336 g/mol. The number of rotatable bonds is 5. The molecule has 0 aromatic heterocycles. The molecule has 24 heavy (non-hydrogen) atoms. The summed E-state index contributed by atoms with van der Waals surface area (Å²) in [5.74, 6) is 3.16. The first kappa shape index (κ1) is 17.2. The quantitative estimate of drug-likeness (QED) is 0.556. The normalized spacial score (nSPS) is 16.0. The summed E-state index contributed by atoms with van der Waals surface area (Å²) in [5, 5.41) is 0.